The smallest absolute Gasteiger partial charge is 0.306 e. The van der Waals surface area contributed by atoms with Crippen LogP contribution in [0.25, 0.3) is 0 Å². The number of ether oxygens (including phenoxy) is 6. The van der Waals surface area contributed by atoms with Crippen molar-refractivity contribution in [2.24, 2.45) is 0 Å². The fourth-order valence-corrected chi connectivity index (χ4v) is 8.66. The highest BCUT2D eigenvalue weighted by atomic mass is 16.7. The summed E-state index contributed by atoms with van der Waals surface area (Å²) in [5.74, 6) is -0.953. The summed E-state index contributed by atoms with van der Waals surface area (Å²) < 4.78 is 33.6. The maximum atomic E-state index is 13.0. The molecule has 0 radical (unpaired) electrons. The van der Waals surface area contributed by atoms with Crippen LogP contribution in [0.1, 0.15) is 213 Å². The fraction of sp³-hybridized carbons (Fsp3) is 0.889. The zero-order valence-corrected chi connectivity index (χ0v) is 42.8. The molecule has 0 aromatic rings. The second kappa shape index (κ2) is 41.5. The number of carbonyl (C=O) groups excluding carboxylic acids is 2. The van der Waals surface area contributed by atoms with Crippen LogP contribution in [0, 0.1) is 0 Å². The Morgan fingerprint density at radius 3 is 1.38 bits per heavy atom. The first-order valence-corrected chi connectivity index (χ1v) is 27.4. The quantitative estimate of drug-likeness (QED) is 0.0173. The summed E-state index contributed by atoms with van der Waals surface area (Å²) in [4.78, 5) is 25.8. The standard InChI is InChI=1S/C54H98O15/c1-3-5-7-9-11-13-15-17-19-20-21-23-24-26-28-30-32-34-36-45(56)64-39-42(67-46(57)37-35-33-31-29-27-25-22-18-16-14-12-10-8-6-4-2)40-65-53-52(63)50(61)48(59)44(69-53)41-66-54-51(62)49(60)47(58)43(38-55)68-54/h18,22,27,29,42-44,47-55,58-63H,3-17,19-21,23-26,28,30-41H2,1-2H3/b22-18+,29-27+/t42-,43+,44+,47-,48-,49?,50?,51?,52?,53+,54+/m0/s1. The molecule has 2 aliphatic heterocycles. The molecule has 2 heterocycles. The predicted molar refractivity (Wildman–Crippen MR) is 266 cm³/mol. The second-order valence-electron chi connectivity index (χ2n) is 19.4. The number of hydrogen-bond donors (Lipinski definition) is 7. The molecule has 0 aromatic carbocycles. The summed E-state index contributed by atoms with van der Waals surface area (Å²) in [5, 5.41) is 72.1. The summed E-state index contributed by atoms with van der Waals surface area (Å²) in [7, 11) is 0. The SMILES string of the molecule is CCCCCCCC/C=C/C/C=C/CCCCC(=O)O[C@@H](COC(=O)CCCCCCCCCCCCCCCCCCCC)CO[C@@H]1O[C@H](CO[C@@H]2O[C@H](CO)[C@H](O)C(O)C2O)[C@H](O)C(O)C1O. The average molecular weight is 987 g/mol. The molecule has 2 rings (SSSR count). The molecule has 11 atom stereocenters. The zero-order chi connectivity index (χ0) is 50.3. The monoisotopic (exact) mass is 987 g/mol. The van der Waals surface area contributed by atoms with Crippen LogP contribution in [0.3, 0.4) is 0 Å². The van der Waals surface area contributed by atoms with Crippen LogP contribution in [0.15, 0.2) is 24.3 Å². The molecule has 7 N–H and O–H groups in total. The van der Waals surface area contributed by atoms with E-state index in [1.165, 1.54) is 128 Å². The van der Waals surface area contributed by atoms with Gasteiger partial charge in [-0.3, -0.25) is 9.59 Å². The fourth-order valence-electron chi connectivity index (χ4n) is 8.66. The van der Waals surface area contributed by atoms with Gasteiger partial charge in [-0.05, 0) is 44.9 Å². The Morgan fingerprint density at radius 2 is 0.870 bits per heavy atom. The van der Waals surface area contributed by atoms with E-state index in [0.29, 0.717) is 12.8 Å². The number of rotatable bonds is 43. The van der Waals surface area contributed by atoms with Crippen molar-refractivity contribution in [3.63, 3.8) is 0 Å². The molecular weight excluding hydrogens is 889 g/mol. The number of aliphatic hydroxyl groups excluding tert-OH is 7. The third kappa shape index (κ3) is 29.3. The molecule has 2 aliphatic rings. The zero-order valence-electron chi connectivity index (χ0n) is 42.8. The van der Waals surface area contributed by atoms with Crippen molar-refractivity contribution in [1.29, 1.82) is 0 Å². The Balaban J connectivity index is 1.79. The summed E-state index contributed by atoms with van der Waals surface area (Å²) >= 11 is 0. The van der Waals surface area contributed by atoms with E-state index in [4.69, 9.17) is 28.4 Å². The van der Waals surface area contributed by atoms with Crippen LogP contribution in [-0.4, -0.2) is 142 Å². The Morgan fingerprint density at radius 1 is 0.464 bits per heavy atom. The van der Waals surface area contributed by atoms with E-state index < -0.39 is 99.3 Å². The van der Waals surface area contributed by atoms with Crippen LogP contribution in [0.4, 0.5) is 0 Å². The number of aliphatic hydroxyl groups is 7. The van der Waals surface area contributed by atoms with E-state index in [1.54, 1.807) is 0 Å². The van der Waals surface area contributed by atoms with Gasteiger partial charge in [-0.2, -0.15) is 0 Å². The Kier molecular flexibility index (Phi) is 37.9. The molecular formula is C54H98O15. The Bertz CT molecular complexity index is 1300. The Labute approximate surface area is 415 Å². The van der Waals surface area contributed by atoms with Gasteiger partial charge in [0.05, 0.1) is 19.8 Å². The van der Waals surface area contributed by atoms with Gasteiger partial charge < -0.3 is 64.2 Å². The molecule has 15 heteroatoms. The van der Waals surface area contributed by atoms with Crippen LogP contribution in [0.2, 0.25) is 0 Å². The molecule has 0 aromatic heterocycles. The molecule has 2 saturated heterocycles. The van der Waals surface area contributed by atoms with Crippen molar-refractivity contribution >= 4 is 11.9 Å². The van der Waals surface area contributed by atoms with Crippen molar-refractivity contribution in [2.75, 3.05) is 26.4 Å². The highest BCUT2D eigenvalue weighted by Crippen LogP contribution is 2.27. The molecule has 2 fully saturated rings. The van der Waals surface area contributed by atoms with Gasteiger partial charge in [0.15, 0.2) is 18.7 Å². The molecule has 404 valence electrons. The van der Waals surface area contributed by atoms with Gasteiger partial charge in [-0.15, -0.1) is 0 Å². The third-order valence-electron chi connectivity index (χ3n) is 13.2. The lowest BCUT2D eigenvalue weighted by Crippen LogP contribution is -2.61. The lowest BCUT2D eigenvalue weighted by atomic mass is 9.98. The molecule has 0 aliphatic carbocycles. The molecule has 0 saturated carbocycles. The summed E-state index contributed by atoms with van der Waals surface area (Å²) in [6.07, 6.45) is 26.4. The minimum absolute atomic E-state index is 0.126. The van der Waals surface area contributed by atoms with Crippen LogP contribution >= 0.6 is 0 Å². The lowest BCUT2D eigenvalue weighted by molar-refractivity contribution is -0.332. The topological polar surface area (TPSA) is 231 Å². The van der Waals surface area contributed by atoms with Gasteiger partial charge in [0.2, 0.25) is 0 Å². The van der Waals surface area contributed by atoms with Gasteiger partial charge in [-0.1, -0.05) is 179 Å². The predicted octanol–water partition coefficient (Wildman–Crippen LogP) is 8.33. The molecule has 69 heavy (non-hydrogen) atoms. The number of unbranched alkanes of at least 4 members (excludes halogenated alkanes) is 25. The highest BCUT2D eigenvalue weighted by Gasteiger charge is 2.47. The first kappa shape index (κ1) is 63.1. The maximum Gasteiger partial charge on any atom is 0.306 e. The van der Waals surface area contributed by atoms with E-state index in [1.807, 2.05) is 0 Å². The van der Waals surface area contributed by atoms with Crippen molar-refractivity contribution in [1.82, 2.24) is 0 Å². The van der Waals surface area contributed by atoms with Crippen molar-refractivity contribution in [3.8, 4) is 0 Å². The molecule has 15 nitrogen and oxygen atoms in total. The van der Waals surface area contributed by atoms with Crippen molar-refractivity contribution in [2.45, 2.75) is 280 Å². The number of allylic oxidation sites excluding steroid dienone is 4. The minimum atomic E-state index is -1.77. The second-order valence-corrected chi connectivity index (χ2v) is 19.4. The van der Waals surface area contributed by atoms with Gasteiger partial charge >= 0.3 is 11.9 Å². The third-order valence-corrected chi connectivity index (χ3v) is 13.2. The summed E-state index contributed by atoms with van der Waals surface area (Å²) in [6, 6.07) is 0. The Hall–Kier alpha value is -2.02. The summed E-state index contributed by atoms with van der Waals surface area (Å²) in [5.41, 5.74) is 0. The largest absolute Gasteiger partial charge is 0.462 e. The van der Waals surface area contributed by atoms with E-state index >= 15 is 0 Å². The molecule has 0 bridgehead atoms. The summed E-state index contributed by atoms with van der Waals surface area (Å²) in [6.45, 7) is 2.58. The van der Waals surface area contributed by atoms with Gasteiger partial charge in [0.25, 0.3) is 0 Å². The van der Waals surface area contributed by atoms with Crippen LogP contribution in [-0.2, 0) is 38.0 Å². The molecule has 0 amide bonds. The normalized spacial score (nSPS) is 25.7. The van der Waals surface area contributed by atoms with Crippen molar-refractivity contribution < 1.29 is 73.8 Å². The average Bonchev–Trinajstić information content (AvgIpc) is 3.34. The van der Waals surface area contributed by atoms with E-state index in [2.05, 4.69) is 38.2 Å². The molecule has 4 unspecified atom stereocenters. The number of hydrogen-bond acceptors (Lipinski definition) is 15. The van der Waals surface area contributed by atoms with Crippen LogP contribution in [0.5, 0.6) is 0 Å². The highest BCUT2D eigenvalue weighted by molar-refractivity contribution is 5.70. The molecule has 0 spiro atoms. The van der Waals surface area contributed by atoms with Gasteiger partial charge in [0.1, 0.15) is 55.4 Å². The van der Waals surface area contributed by atoms with E-state index in [-0.39, 0.29) is 19.4 Å². The first-order chi connectivity index (χ1) is 33.5. The van der Waals surface area contributed by atoms with Gasteiger partial charge in [0, 0.05) is 12.8 Å². The van der Waals surface area contributed by atoms with Crippen LogP contribution < -0.4 is 0 Å². The van der Waals surface area contributed by atoms with Gasteiger partial charge in [-0.25, -0.2) is 0 Å². The maximum absolute atomic E-state index is 13.0. The number of carbonyl (C=O) groups is 2. The van der Waals surface area contributed by atoms with E-state index in [0.717, 1.165) is 44.9 Å². The lowest BCUT2D eigenvalue weighted by Gasteiger charge is -2.42. The van der Waals surface area contributed by atoms with E-state index in [9.17, 15) is 45.3 Å². The van der Waals surface area contributed by atoms with Crippen molar-refractivity contribution in [3.05, 3.63) is 24.3 Å². The minimum Gasteiger partial charge on any atom is -0.462 e. The first-order valence-electron chi connectivity index (χ1n) is 27.4. The number of esters is 2.